The summed E-state index contributed by atoms with van der Waals surface area (Å²) >= 11 is 3.96. The van der Waals surface area contributed by atoms with Gasteiger partial charge in [-0.25, -0.2) is 8.42 Å². The molecule has 0 radical (unpaired) electrons. The van der Waals surface area contributed by atoms with Crippen LogP contribution in [-0.4, -0.2) is 63.8 Å². The Labute approximate surface area is 199 Å². The van der Waals surface area contributed by atoms with Gasteiger partial charge in [-0.1, -0.05) is 18.2 Å². The Morgan fingerprint density at radius 3 is 2.47 bits per heavy atom. The molecule has 0 aromatic heterocycles. The highest BCUT2D eigenvalue weighted by Crippen LogP contribution is 2.43. The number of hydrogen-bond acceptors (Lipinski definition) is 7. The van der Waals surface area contributed by atoms with Gasteiger partial charge in [0.25, 0.3) is 5.91 Å². The van der Waals surface area contributed by atoms with Gasteiger partial charge in [0.2, 0.25) is 0 Å². The highest BCUT2D eigenvalue weighted by Gasteiger charge is 2.16. The molecule has 0 N–H and O–H groups in total. The van der Waals surface area contributed by atoms with E-state index in [2.05, 4.69) is 12.1 Å². The maximum Gasteiger partial charge on any atom is 0.260 e. The molecule has 9 heteroatoms. The number of benzene rings is 2. The lowest BCUT2D eigenvalue weighted by Gasteiger charge is -2.21. The second kappa shape index (κ2) is 11.9. The van der Waals surface area contributed by atoms with Crippen molar-refractivity contribution in [2.75, 3.05) is 44.6 Å². The molecule has 32 heavy (non-hydrogen) atoms. The van der Waals surface area contributed by atoms with Gasteiger partial charge < -0.3 is 14.4 Å². The first-order chi connectivity index (χ1) is 15.3. The third-order valence-electron chi connectivity index (χ3n) is 4.91. The Morgan fingerprint density at radius 1 is 1.06 bits per heavy atom. The fourth-order valence-electron chi connectivity index (χ4n) is 3.07. The minimum Gasteiger partial charge on any atom is -0.493 e. The molecule has 1 fully saturated rings. The maximum absolute atomic E-state index is 12.3. The van der Waals surface area contributed by atoms with Crippen molar-refractivity contribution >= 4 is 39.3 Å². The molecule has 3 rings (SSSR count). The highest BCUT2D eigenvalue weighted by molar-refractivity contribution is 8.16. The topological polar surface area (TPSA) is 72.9 Å². The molecule has 0 unspecified atom stereocenters. The highest BCUT2D eigenvalue weighted by atomic mass is 32.2. The SMILES string of the molecule is CN(CCCOc1cccc(S(C)(=O)=O)c1)C(=O)COc1ccc(C2SCCCS2)cc1. The molecular weight excluding hydrogens is 466 g/mol. The Bertz CT molecular complexity index is 989. The van der Waals surface area contributed by atoms with Crippen LogP contribution >= 0.6 is 23.5 Å². The zero-order valence-electron chi connectivity index (χ0n) is 18.4. The van der Waals surface area contributed by atoms with Crippen LogP contribution in [0.15, 0.2) is 53.4 Å². The number of carbonyl (C=O) groups excluding carboxylic acids is 1. The normalized spacial score (nSPS) is 14.7. The summed E-state index contributed by atoms with van der Waals surface area (Å²) in [5.41, 5.74) is 1.29. The molecule has 0 saturated carbocycles. The Morgan fingerprint density at radius 2 is 1.78 bits per heavy atom. The van der Waals surface area contributed by atoms with Crippen LogP contribution < -0.4 is 9.47 Å². The molecule has 6 nitrogen and oxygen atoms in total. The molecule has 1 heterocycles. The van der Waals surface area contributed by atoms with Gasteiger partial charge in [0, 0.05) is 19.8 Å². The summed E-state index contributed by atoms with van der Waals surface area (Å²) < 4.78 is 35.0. The van der Waals surface area contributed by atoms with Crippen molar-refractivity contribution in [3.05, 3.63) is 54.1 Å². The molecule has 1 saturated heterocycles. The quantitative estimate of drug-likeness (QED) is 0.456. The van der Waals surface area contributed by atoms with Crippen LogP contribution in [0.5, 0.6) is 11.5 Å². The van der Waals surface area contributed by atoms with Gasteiger partial charge in [-0.2, -0.15) is 0 Å². The van der Waals surface area contributed by atoms with E-state index in [1.54, 1.807) is 24.1 Å². The van der Waals surface area contributed by atoms with Crippen molar-refractivity contribution in [1.29, 1.82) is 0 Å². The zero-order valence-corrected chi connectivity index (χ0v) is 20.8. The fourth-order valence-corrected chi connectivity index (χ4v) is 6.62. The first kappa shape index (κ1) is 24.8. The molecule has 0 aliphatic carbocycles. The minimum absolute atomic E-state index is 0.0139. The van der Waals surface area contributed by atoms with E-state index in [0.717, 1.165) is 6.26 Å². The lowest BCUT2D eigenvalue weighted by atomic mass is 10.2. The van der Waals surface area contributed by atoms with E-state index in [4.69, 9.17) is 9.47 Å². The summed E-state index contributed by atoms with van der Waals surface area (Å²) in [7, 11) is -1.53. The van der Waals surface area contributed by atoms with Crippen molar-refractivity contribution in [3.63, 3.8) is 0 Å². The molecule has 1 aliphatic rings. The largest absolute Gasteiger partial charge is 0.493 e. The second-order valence-electron chi connectivity index (χ2n) is 7.55. The van der Waals surface area contributed by atoms with E-state index in [1.165, 1.54) is 35.6 Å². The number of sulfone groups is 1. The van der Waals surface area contributed by atoms with Crippen molar-refractivity contribution < 1.29 is 22.7 Å². The fraction of sp³-hybridized carbons (Fsp3) is 0.435. The predicted molar refractivity (Wildman–Crippen MR) is 132 cm³/mol. The Hall–Kier alpha value is -1.84. The number of hydrogen-bond donors (Lipinski definition) is 0. The number of nitrogens with zero attached hydrogens (tertiary/aromatic N) is 1. The number of ether oxygens (including phenoxy) is 2. The summed E-state index contributed by atoms with van der Waals surface area (Å²) in [5, 5.41) is 0. The van der Waals surface area contributed by atoms with Gasteiger partial charge in [0.05, 0.1) is 16.1 Å². The number of amides is 1. The summed E-state index contributed by atoms with van der Waals surface area (Å²) in [6.07, 6.45) is 3.06. The molecule has 2 aromatic rings. The third kappa shape index (κ3) is 7.64. The molecule has 0 spiro atoms. The van der Waals surface area contributed by atoms with Crippen molar-refractivity contribution in [2.24, 2.45) is 0 Å². The monoisotopic (exact) mass is 495 g/mol. The lowest BCUT2D eigenvalue weighted by Crippen LogP contribution is -2.32. The molecule has 174 valence electrons. The molecule has 0 bridgehead atoms. The van der Waals surface area contributed by atoms with E-state index < -0.39 is 9.84 Å². The predicted octanol–water partition coefficient (Wildman–Crippen LogP) is 4.27. The van der Waals surface area contributed by atoms with E-state index >= 15 is 0 Å². The molecule has 2 aromatic carbocycles. The van der Waals surface area contributed by atoms with Gasteiger partial charge in [-0.05, 0) is 60.2 Å². The van der Waals surface area contributed by atoms with Crippen LogP contribution in [0.2, 0.25) is 0 Å². The summed E-state index contributed by atoms with van der Waals surface area (Å²) in [4.78, 5) is 14.2. The van der Waals surface area contributed by atoms with Gasteiger partial charge in [0.1, 0.15) is 11.5 Å². The van der Waals surface area contributed by atoms with Crippen LogP contribution in [0.3, 0.4) is 0 Å². The number of carbonyl (C=O) groups is 1. The molecule has 1 aliphatic heterocycles. The van der Waals surface area contributed by atoms with Crippen molar-refractivity contribution in [1.82, 2.24) is 4.90 Å². The Kier molecular flexibility index (Phi) is 9.19. The number of rotatable bonds is 10. The first-order valence-electron chi connectivity index (χ1n) is 10.5. The molecule has 1 amide bonds. The average Bonchev–Trinajstić information content (AvgIpc) is 2.80. The van der Waals surface area contributed by atoms with Crippen LogP contribution in [0.25, 0.3) is 0 Å². The van der Waals surface area contributed by atoms with Crippen LogP contribution in [0.1, 0.15) is 23.0 Å². The second-order valence-corrected chi connectivity index (χ2v) is 12.3. The molecule has 0 atom stereocenters. The smallest absolute Gasteiger partial charge is 0.260 e. The molecular formula is C23H29NO5S3. The van der Waals surface area contributed by atoms with Crippen LogP contribution in [0.4, 0.5) is 0 Å². The number of likely N-dealkylation sites (N-methyl/N-ethyl adjacent to an activating group) is 1. The first-order valence-corrected chi connectivity index (χ1v) is 14.4. The standard InChI is InChI=1S/C23H29NO5S3/c1-24(12-4-13-28-20-6-3-7-21(16-20)32(2,26)27)22(25)17-29-19-10-8-18(9-11-19)23-30-14-5-15-31-23/h3,6-11,16,23H,4-5,12-15,17H2,1-2H3. The van der Waals surface area contributed by atoms with Gasteiger partial charge in [0.15, 0.2) is 16.4 Å². The number of thioether (sulfide) groups is 2. The van der Waals surface area contributed by atoms with E-state index in [0.29, 0.717) is 35.7 Å². The van der Waals surface area contributed by atoms with E-state index in [9.17, 15) is 13.2 Å². The van der Waals surface area contributed by atoms with Gasteiger partial charge in [-0.3, -0.25) is 4.79 Å². The van der Waals surface area contributed by atoms with E-state index in [-0.39, 0.29) is 17.4 Å². The average molecular weight is 496 g/mol. The van der Waals surface area contributed by atoms with Crippen molar-refractivity contribution in [2.45, 2.75) is 22.3 Å². The Balaban J connectivity index is 1.37. The summed E-state index contributed by atoms with van der Waals surface area (Å²) in [6.45, 7) is 0.882. The third-order valence-corrected chi connectivity index (χ3v) is 9.03. The van der Waals surface area contributed by atoms with Crippen LogP contribution in [-0.2, 0) is 14.6 Å². The van der Waals surface area contributed by atoms with E-state index in [1.807, 2.05) is 35.7 Å². The summed E-state index contributed by atoms with van der Waals surface area (Å²) in [5.74, 6) is 3.49. The van der Waals surface area contributed by atoms with Crippen molar-refractivity contribution in [3.8, 4) is 11.5 Å². The maximum atomic E-state index is 12.3. The zero-order chi connectivity index (χ0) is 23.0. The summed E-state index contributed by atoms with van der Waals surface area (Å²) in [6, 6.07) is 14.4. The van der Waals surface area contributed by atoms with Crippen LogP contribution in [0, 0.1) is 0 Å². The minimum atomic E-state index is -3.27. The van der Waals surface area contributed by atoms with Gasteiger partial charge >= 0.3 is 0 Å². The lowest BCUT2D eigenvalue weighted by molar-refractivity contribution is -0.132. The van der Waals surface area contributed by atoms with Gasteiger partial charge in [-0.15, -0.1) is 23.5 Å².